The van der Waals surface area contributed by atoms with Crippen molar-refractivity contribution in [2.24, 2.45) is 0 Å². The highest BCUT2D eigenvalue weighted by molar-refractivity contribution is 5.33. The predicted octanol–water partition coefficient (Wildman–Crippen LogP) is 3.27. The van der Waals surface area contributed by atoms with E-state index in [4.69, 9.17) is 0 Å². The first kappa shape index (κ1) is 11.6. The summed E-state index contributed by atoms with van der Waals surface area (Å²) in [6.45, 7) is 0.797. The first-order valence-electron chi connectivity index (χ1n) is 5.75. The zero-order valence-electron chi connectivity index (χ0n) is 9.57. The fourth-order valence-corrected chi connectivity index (χ4v) is 1.66. The summed E-state index contributed by atoms with van der Waals surface area (Å²) in [5.74, 6) is 0.149. The Balaban J connectivity index is 1.73. The molecule has 1 aromatic carbocycles. The lowest BCUT2D eigenvalue weighted by Crippen LogP contribution is -2.05. The molecular weight excluding hydrogens is 215 g/mol. The van der Waals surface area contributed by atoms with Crippen LogP contribution in [0, 0.1) is 5.95 Å². The van der Waals surface area contributed by atoms with Gasteiger partial charge >= 0.3 is 0 Å². The Morgan fingerprint density at radius 2 is 1.82 bits per heavy atom. The Morgan fingerprint density at radius 1 is 1.00 bits per heavy atom. The third kappa shape index (κ3) is 3.87. The van der Waals surface area contributed by atoms with E-state index in [1.807, 2.05) is 18.2 Å². The zero-order valence-corrected chi connectivity index (χ0v) is 9.57. The largest absolute Gasteiger partial charge is 0.370 e. The second-order valence-electron chi connectivity index (χ2n) is 3.86. The normalized spacial score (nSPS) is 10.2. The summed E-state index contributed by atoms with van der Waals surface area (Å²) < 4.78 is 12.8. The standard InChI is InChI=1S/C14H15FN2/c15-13-9-4-10-14(17-13)16-11-5-8-12-6-2-1-3-7-12/h1-4,6-7,9-10H,5,8,11H2,(H,16,17). The lowest BCUT2D eigenvalue weighted by Gasteiger charge is -2.05. The van der Waals surface area contributed by atoms with Gasteiger partial charge in [0.2, 0.25) is 5.95 Å². The highest BCUT2D eigenvalue weighted by Crippen LogP contribution is 2.05. The lowest BCUT2D eigenvalue weighted by molar-refractivity contribution is 0.585. The number of halogens is 1. The first-order chi connectivity index (χ1) is 8.34. The molecule has 88 valence electrons. The number of benzene rings is 1. The number of hydrogen-bond acceptors (Lipinski definition) is 2. The van der Waals surface area contributed by atoms with Crippen LogP contribution in [-0.4, -0.2) is 11.5 Å². The Labute approximate surface area is 101 Å². The SMILES string of the molecule is Fc1cccc(NCCCc2ccccc2)n1. The van der Waals surface area contributed by atoms with Crippen LogP contribution in [0.3, 0.4) is 0 Å². The van der Waals surface area contributed by atoms with Gasteiger partial charge in [0, 0.05) is 6.54 Å². The van der Waals surface area contributed by atoms with Gasteiger partial charge in [0.05, 0.1) is 0 Å². The first-order valence-corrected chi connectivity index (χ1v) is 5.75. The average Bonchev–Trinajstić information content (AvgIpc) is 2.36. The summed E-state index contributed by atoms with van der Waals surface area (Å²) in [5.41, 5.74) is 1.32. The molecule has 0 radical (unpaired) electrons. The zero-order chi connectivity index (χ0) is 11.9. The van der Waals surface area contributed by atoms with Crippen LogP contribution in [0.4, 0.5) is 10.2 Å². The molecule has 3 heteroatoms. The van der Waals surface area contributed by atoms with Crippen molar-refractivity contribution >= 4 is 5.82 Å². The molecule has 0 spiro atoms. The minimum Gasteiger partial charge on any atom is -0.370 e. The molecule has 0 aliphatic rings. The molecule has 1 N–H and O–H groups in total. The van der Waals surface area contributed by atoms with Gasteiger partial charge in [0.25, 0.3) is 0 Å². The van der Waals surface area contributed by atoms with E-state index >= 15 is 0 Å². The topological polar surface area (TPSA) is 24.9 Å². The minimum atomic E-state index is -0.446. The van der Waals surface area contributed by atoms with Gasteiger partial charge < -0.3 is 5.32 Å². The number of anilines is 1. The summed E-state index contributed by atoms with van der Waals surface area (Å²) in [6, 6.07) is 15.1. The van der Waals surface area contributed by atoms with Gasteiger partial charge in [-0.2, -0.15) is 4.39 Å². The number of aromatic nitrogens is 1. The number of rotatable bonds is 5. The van der Waals surface area contributed by atoms with Crippen LogP contribution < -0.4 is 5.32 Å². The molecule has 1 heterocycles. The van der Waals surface area contributed by atoms with Gasteiger partial charge in [0.1, 0.15) is 5.82 Å². The molecule has 0 atom stereocenters. The van der Waals surface area contributed by atoms with E-state index in [-0.39, 0.29) is 0 Å². The van der Waals surface area contributed by atoms with Crippen molar-refractivity contribution in [3.63, 3.8) is 0 Å². The fraction of sp³-hybridized carbons (Fsp3) is 0.214. The van der Waals surface area contributed by atoms with Crippen molar-refractivity contribution in [2.75, 3.05) is 11.9 Å². The molecule has 0 fully saturated rings. The Bertz CT molecular complexity index is 457. The highest BCUT2D eigenvalue weighted by Gasteiger charge is 1.96. The molecule has 2 aromatic rings. The molecule has 0 saturated carbocycles. The van der Waals surface area contributed by atoms with E-state index in [0.717, 1.165) is 19.4 Å². The number of hydrogen-bond donors (Lipinski definition) is 1. The molecule has 17 heavy (non-hydrogen) atoms. The monoisotopic (exact) mass is 230 g/mol. The van der Waals surface area contributed by atoms with Crippen LogP contribution >= 0.6 is 0 Å². The van der Waals surface area contributed by atoms with Gasteiger partial charge in [-0.25, -0.2) is 4.98 Å². The van der Waals surface area contributed by atoms with E-state index in [0.29, 0.717) is 5.82 Å². The predicted molar refractivity (Wildman–Crippen MR) is 67.4 cm³/mol. The Hall–Kier alpha value is -1.90. The summed E-state index contributed by atoms with van der Waals surface area (Å²) >= 11 is 0. The summed E-state index contributed by atoms with van der Waals surface area (Å²) in [4.78, 5) is 3.74. The Kier molecular flexibility index (Phi) is 4.08. The van der Waals surface area contributed by atoms with Crippen LogP contribution in [0.2, 0.25) is 0 Å². The Morgan fingerprint density at radius 3 is 2.59 bits per heavy atom. The molecular formula is C14H15FN2. The third-order valence-electron chi connectivity index (χ3n) is 2.51. The van der Waals surface area contributed by atoms with Gasteiger partial charge in [-0.05, 0) is 30.5 Å². The molecule has 0 saturated heterocycles. The van der Waals surface area contributed by atoms with E-state index < -0.39 is 5.95 Å². The van der Waals surface area contributed by atoms with Crippen LogP contribution in [-0.2, 0) is 6.42 Å². The summed E-state index contributed by atoms with van der Waals surface area (Å²) in [7, 11) is 0. The summed E-state index contributed by atoms with van der Waals surface area (Å²) in [5, 5.41) is 3.10. The highest BCUT2D eigenvalue weighted by atomic mass is 19.1. The van der Waals surface area contributed by atoms with Crippen LogP contribution in [0.25, 0.3) is 0 Å². The van der Waals surface area contributed by atoms with Crippen molar-refractivity contribution in [1.82, 2.24) is 4.98 Å². The van der Waals surface area contributed by atoms with E-state index in [2.05, 4.69) is 22.4 Å². The maximum Gasteiger partial charge on any atom is 0.214 e. The second-order valence-corrected chi connectivity index (χ2v) is 3.86. The van der Waals surface area contributed by atoms with Crippen molar-refractivity contribution in [2.45, 2.75) is 12.8 Å². The molecule has 2 nitrogen and oxygen atoms in total. The van der Waals surface area contributed by atoms with Gasteiger partial charge in [-0.3, -0.25) is 0 Å². The van der Waals surface area contributed by atoms with Gasteiger partial charge in [-0.15, -0.1) is 0 Å². The van der Waals surface area contributed by atoms with Crippen molar-refractivity contribution in [1.29, 1.82) is 0 Å². The van der Waals surface area contributed by atoms with Crippen molar-refractivity contribution in [3.05, 3.63) is 60.0 Å². The number of nitrogens with one attached hydrogen (secondary N) is 1. The van der Waals surface area contributed by atoms with Crippen molar-refractivity contribution in [3.8, 4) is 0 Å². The molecule has 1 aromatic heterocycles. The molecule has 0 unspecified atom stereocenters. The van der Waals surface area contributed by atoms with Gasteiger partial charge in [-0.1, -0.05) is 36.4 Å². The maximum atomic E-state index is 12.8. The molecule has 2 rings (SSSR count). The third-order valence-corrected chi connectivity index (χ3v) is 2.51. The van der Waals surface area contributed by atoms with Gasteiger partial charge in [0.15, 0.2) is 0 Å². The van der Waals surface area contributed by atoms with E-state index in [1.54, 1.807) is 12.1 Å². The second kappa shape index (κ2) is 5.99. The smallest absolute Gasteiger partial charge is 0.214 e. The molecule has 0 aliphatic heterocycles. The van der Waals surface area contributed by atoms with E-state index in [9.17, 15) is 4.39 Å². The maximum absolute atomic E-state index is 12.8. The molecule has 0 amide bonds. The minimum absolute atomic E-state index is 0.446. The van der Waals surface area contributed by atoms with Crippen molar-refractivity contribution < 1.29 is 4.39 Å². The number of pyridine rings is 1. The summed E-state index contributed by atoms with van der Waals surface area (Å²) in [6.07, 6.45) is 2.02. The lowest BCUT2D eigenvalue weighted by atomic mass is 10.1. The van der Waals surface area contributed by atoms with E-state index in [1.165, 1.54) is 11.6 Å². The fourth-order valence-electron chi connectivity index (χ4n) is 1.66. The quantitative estimate of drug-likeness (QED) is 0.630. The van der Waals surface area contributed by atoms with Crippen LogP contribution in [0.5, 0.6) is 0 Å². The molecule has 0 aliphatic carbocycles. The molecule has 0 bridgehead atoms. The van der Waals surface area contributed by atoms with Crippen LogP contribution in [0.15, 0.2) is 48.5 Å². The van der Waals surface area contributed by atoms with Crippen LogP contribution in [0.1, 0.15) is 12.0 Å². The number of aryl methyl sites for hydroxylation is 1. The number of nitrogens with zero attached hydrogens (tertiary/aromatic N) is 1. The average molecular weight is 230 g/mol.